The number of anilines is 1. The first-order valence-corrected chi connectivity index (χ1v) is 9.81. The number of amides is 1. The lowest BCUT2D eigenvalue weighted by molar-refractivity contribution is -0.138. The summed E-state index contributed by atoms with van der Waals surface area (Å²) < 4.78 is 5.45. The van der Waals surface area contributed by atoms with Crippen LogP contribution in [-0.4, -0.2) is 51.9 Å². The number of hydrogen-bond acceptors (Lipinski definition) is 6. The minimum absolute atomic E-state index is 0.0972. The van der Waals surface area contributed by atoms with E-state index in [1.807, 2.05) is 23.1 Å². The van der Waals surface area contributed by atoms with Gasteiger partial charge in [0, 0.05) is 37.4 Å². The third kappa shape index (κ3) is 4.30. The maximum atomic E-state index is 13.0. The zero-order valence-electron chi connectivity index (χ0n) is 15.6. The average Bonchev–Trinajstić information content (AvgIpc) is 3.21. The highest BCUT2D eigenvalue weighted by Gasteiger charge is 2.32. The van der Waals surface area contributed by atoms with Crippen molar-refractivity contribution < 1.29 is 9.21 Å². The third-order valence-electron chi connectivity index (χ3n) is 5.73. The lowest BCUT2D eigenvalue weighted by atomic mass is 9.91. The van der Waals surface area contributed by atoms with Gasteiger partial charge in [0.15, 0.2) is 0 Å². The van der Waals surface area contributed by atoms with Gasteiger partial charge in [0.05, 0.1) is 18.7 Å². The maximum absolute atomic E-state index is 13.0. The fourth-order valence-electron chi connectivity index (χ4n) is 4.29. The van der Waals surface area contributed by atoms with Crippen molar-refractivity contribution >= 4 is 11.9 Å². The molecule has 0 aromatic carbocycles. The van der Waals surface area contributed by atoms with E-state index in [1.165, 1.54) is 0 Å². The predicted molar refractivity (Wildman–Crippen MR) is 102 cm³/mol. The number of furan rings is 1. The van der Waals surface area contributed by atoms with Gasteiger partial charge in [-0.2, -0.15) is 0 Å². The standard InChI is InChI=1S/C20H27N5O2/c21-20-22-8-5-18(23-20)15-6-10-25(11-7-15)19(26)16-3-1-9-24(13-16)14-17-4-2-12-27-17/h2,4-5,8,12,15-16H,1,3,6-7,9-11,13-14H2,(H2,21,22,23)/t16-/m1/s1. The fraction of sp³-hybridized carbons (Fsp3) is 0.550. The predicted octanol–water partition coefficient (Wildman–Crippen LogP) is 2.27. The van der Waals surface area contributed by atoms with Crippen LogP contribution in [0.3, 0.4) is 0 Å². The normalized spacial score (nSPS) is 22.1. The summed E-state index contributed by atoms with van der Waals surface area (Å²) in [5.74, 6) is 2.05. The van der Waals surface area contributed by atoms with Gasteiger partial charge in [-0.15, -0.1) is 0 Å². The molecule has 1 amide bonds. The van der Waals surface area contributed by atoms with Crippen molar-refractivity contribution in [2.45, 2.75) is 38.1 Å². The van der Waals surface area contributed by atoms with E-state index < -0.39 is 0 Å². The van der Waals surface area contributed by atoms with Gasteiger partial charge in [-0.1, -0.05) is 0 Å². The van der Waals surface area contributed by atoms with E-state index >= 15 is 0 Å². The van der Waals surface area contributed by atoms with E-state index in [0.29, 0.717) is 17.8 Å². The zero-order chi connectivity index (χ0) is 18.6. The minimum atomic E-state index is 0.0972. The summed E-state index contributed by atoms with van der Waals surface area (Å²) in [5, 5.41) is 0. The van der Waals surface area contributed by atoms with E-state index in [1.54, 1.807) is 12.5 Å². The van der Waals surface area contributed by atoms with Gasteiger partial charge in [0.25, 0.3) is 0 Å². The van der Waals surface area contributed by atoms with Crippen molar-refractivity contribution in [2.75, 3.05) is 31.9 Å². The van der Waals surface area contributed by atoms with E-state index in [4.69, 9.17) is 10.2 Å². The monoisotopic (exact) mass is 369 g/mol. The lowest BCUT2D eigenvalue weighted by Gasteiger charge is -2.37. The third-order valence-corrected chi connectivity index (χ3v) is 5.73. The van der Waals surface area contributed by atoms with Crippen LogP contribution in [0.25, 0.3) is 0 Å². The molecule has 144 valence electrons. The zero-order valence-corrected chi connectivity index (χ0v) is 15.6. The number of hydrogen-bond donors (Lipinski definition) is 1. The molecular formula is C20H27N5O2. The van der Waals surface area contributed by atoms with Crippen LogP contribution in [0.4, 0.5) is 5.95 Å². The van der Waals surface area contributed by atoms with E-state index in [9.17, 15) is 4.79 Å². The SMILES string of the molecule is Nc1nccc(C2CCN(C(=O)[C@@H]3CCCN(Cc4ccco4)C3)CC2)n1. The number of nitrogen functional groups attached to an aromatic ring is 1. The second-order valence-electron chi connectivity index (χ2n) is 7.59. The number of rotatable bonds is 4. The molecule has 2 aromatic rings. The molecule has 0 unspecified atom stereocenters. The molecule has 4 rings (SSSR count). The number of nitrogens with zero attached hydrogens (tertiary/aromatic N) is 4. The molecule has 0 spiro atoms. The number of carbonyl (C=O) groups is 1. The molecule has 2 aliphatic rings. The molecule has 2 N–H and O–H groups in total. The number of carbonyl (C=O) groups excluding carboxylic acids is 1. The van der Waals surface area contributed by atoms with Gasteiger partial charge in [0.1, 0.15) is 5.76 Å². The van der Waals surface area contributed by atoms with Crippen molar-refractivity contribution in [3.63, 3.8) is 0 Å². The van der Waals surface area contributed by atoms with Crippen LogP contribution in [0.15, 0.2) is 35.1 Å². The van der Waals surface area contributed by atoms with Crippen LogP contribution in [0.2, 0.25) is 0 Å². The van der Waals surface area contributed by atoms with E-state index in [-0.39, 0.29) is 5.92 Å². The molecule has 0 radical (unpaired) electrons. The van der Waals surface area contributed by atoms with Crippen LogP contribution in [-0.2, 0) is 11.3 Å². The molecular weight excluding hydrogens is 342 g/mol. The highest BCUT2D eigenvalue weighted by molar-refractivity contribution is 5.79. The van der Waals surface area contributed by atoms with Crippen LogP contribution in [0.5, 0.6) is 0 Å². The maximum Gasteiger partial charge on any atom is 0.226 e. The molecule has 2 fully saturated rings. The molecule has 2 saturated heterocycles. The molecule has 0 aliphatic carbocycles. The summed E-state index contributed by atoms with van der Waals surface area (Å²) in [6.45, 7) is 4.22. The summed E-state index contributed by atoms with van der Waals surface area (Å²) in [6.07, 6.45) is 7.34. The van der Waals surface area contributed by atoms with Crippen molar-refractivity contribution in [1.29, 1.82) is 0 Å². The largest absolute Gasteiger partial charge is 0.468 e. The van der Waals surface area contributed by atoms with Crippen molar-refractivity contribution in [1.82, 2.24) is 19.8 Å². The Morgan fingerprint density at radius 1 is 1.22 bits per heavy atom. The quantitative estimate of drug-likeness (QED) is 0.889. The first kappa shape index (κ1) is 18.0. The first-order valence-electron chi connectivity index (χ1n) is 9.81. The Morgan fingerprint density at radius 3 is 2.81 bits per heavy atom. The Hall–Kier alpha value is -2.41. The average molecular weight is 369 g/mol. The van der Waals surface area contributed by atoms with Gasteiger partial charge in [0.2, 0.25) is 11.9 Å². The Bertz CT molecular complexity index is 755. The summed E-state index contributed by atoms with van der Waals surface area (Å²) >= 11 is 0. The molecule has 0 saturated carbocycles. The Morgan fingerprint density at radius 2 is 2.07 bits per heavy atom. The van der Waals surface area contributed by atoms with Crippen LogP contribution < -0.4 is 5.73 Å². The summed E-state index contributed by atoms with van der Waals surface area (Å²) in [4.78, 5) is 25.7. The highest BCUT2D eigenvalue weighted by atomic mass is 16.3. The minimum Gasteiger partial charge on any atom is -0.468 e. The van der Waals surface area contributed by atoms with E-state index in [2.05, 4.69) is 14.9 Å². The second-order valence-corrected chi connectivity index (χ2v) is 7.59. The molecule has 2 aliphatic heterocycles. The van der Waals surface area contributed by atoms with E-state index in [0.717, 1.165) is 69.9 Å². The number of aromatic nitrogens is 2. The van der Waals surface area contributed by atoms with Crippen LogP contribution in [0, 0.1) is 5.92 Å². The Labute approximate surface area is 159 Å². The molecule has 0 bridgehead atoms. The lowest BCUT2D eigenvalue weighted by Crippen LogP contribution is -2.46. The Balaban J connectivity index is 1.31. The van der Waals surface area contributed by atoms with Crippen molar-refractivity contribution in [3.05, 3.63) is 42.1 Å². The first-order chi connectivity index (χ1) is 13.2. The Kier molecular flexibility index (Phi) is 5.38. The van der Waals surface area contributed by atoms with Crippen molar-refractivity contribution in [3.8, 4) is 0 Å². The van der Waals surface area contributed by atoms with Crippen LogP contribution >= 0.6 is 0 Å². The number of nitrogens with two attached hydrogens (primary N) is 1. The molecule has 2 aromatic heterocycles. The molecule has 1 atom stereocenters. The van der Waals surface area contributed by atoms with Gasteiger partial charge in [-0.3, -0.25) is 9.69 Å². The smallest absolute Gasteiger partial charge is 0.226 e. The highest BCUT2D eigenvalue weighted by Crippen LogP contribution is 2.29. The number of likely N-dealkylation sites (tertiary alicyclic amines) is 2. The summed E-state index contributed by atoms with van der Waals surface area (Å²) in [7, 11) is 0. The van der Waals surface area contributed by atoms with Crippen LogP contribution in [0.1, 0.15) is 43.1 Å². The topological polar surface area (TPSA) is 88.5 Å². The molecule has 4 heterocycles. The second kappa shape index (κ2) is 8.08. The molecule has 7 heteroatoms. The van der Waals surface area contributed by atoms with Gasteiger partial charge in [-0.25, -0.2) is 9.97 Å². The van der Waals surface area contributed by atoms with Gasteiger partial charge >= 0.3 is 0 Å². The summed E-state index contributed by atoms with van der Waals surface area (Å²) in [5.41, 5.74) is 6.70. The number of piperidine rings is 2. The van der Waals surface area contributed by atoms with Gasteiger partial charge < -0.3 is 15.1 Å². The summed E-state index contributed by atoms with van der Waals surface area (Å²) in [6, 6.07) is 5.85. The van der Waals surface area contributed by atoms with Crippen molar-refractivity contribution in [2.24, 2.45) is 5.92 Å². The fourth-order valence-corrected chi connectivity index (χ4v) is 4.29. The van der Waals surface area contributed by atoms with Gasteiger partial charge in [-0.05, 0) is 50.4 Å². The molecule has 27 heavy (non-hydrogen) atoms. The molecule has 7 nitrogen and oxygen atoms in total.